The number of carbonyl (C=O) groups excluding carboxylic acids is 2. The number of nitro groups is 1. The average Bonchev–Trinajstić information content (AvgIpc) is 3.18. The van der Waals surface area contributed by atoms with Gasteiger partial charge in [0.05, 0.1) is 16.8 Å². The van der Waals surface area contributed by atoms with E-state index in [0.717, 1.165) is 16.0 Å². The molecule has 25 heavy (non-hydrogen) atoms. The highest BCUT2D eigenvalue weighted by Gasteiger charge is 2.62. The fourth-order valence-electron chi connectivity index (χ4n) is 4.50. The molecule has 2 fully saturated rings. The maximum Gasteiger partial charge on any atom is 0.294 e. The van der Waals surface area contributed by atoms with Gasteiger partial charge in [0.15, 0.2) is 0 Å². The Morgan fingerprint density at radius 3 is 2.16 bits per heavy atom. The summed E-state index contributed by atoms with van der Waals surface area (Å²) in [5.74, 6) is -1.72. The number of nitrogens with zero attached hydrogens (tertiary/aromatic N) is 2. The van der Waals surface area contributed by atoms with Crippen LogP contribution < -0.4 is 4.90 Å². The van der Waals surface area contributed by atoms with Crippen molar-refractivity contribution in [2.75, 3.05) is 4.90 Å². The van der Waals surface area contributed by atoms with Crippen LogP contribution in [0.4, 0.5) is 11.4 Å². The maximum absolute atomic E-state index is 13.0. The molecule has 6 nitrogen and oxygen atoms in total. The lowest BCUT2D eigenvalue weighted by Crippen LogP contribution is -2.33. The minimum Gasteiger partial charge on any atom is -0.274 e. The van der Waals surface area contributed by atoms with E-state index in [2.05, 4.69) is 15.9 Å². The largest absolute Gasteiger partial charge is 0.294 e. The molecule has 0 N–H and O–H groups in total. The number of anilines is 1. The first-order chi connectivity index (χ1) is 11.8. The van der Waals surface area contributed by atoms with E-state index in [9.17, 15) is 19.7 Å². The van der Waals surface area contributed by atoms with Gasteiger partial charge in [-0.05, 0) is 26.0 Å². The third-order valence-corrected chi connectivity index (χ3v) is 5.86. The topological polar surface area (TPSA) is 80.5 Å². The second-order valence-corrected chi connectivity index (χ2v) is 7.76. The van der Waals surface area contributed by atoms with Crippen molar-refractivity contribution in [1.82, 2.24) is 0 Å². The molecule has 7 heteroatoms. The van der Waals surface area contributed by atoms with E-state index in [1.54, 1.807) is 6.07 Å². The standard InChI is InChI=1S/C18H15BrN2O4/c1-8(2)14-10-4-5-11(14)16-15(10)17(22)20(18(16)23)12-6-3-9(19)7-13(12)21(24)25/h3-7,10-11,15-16H,1-2H3/t10-,11-,15+,16+/m1/s1. The molecule has 0 aromatic heterocycles. The molecule has 4 atom stereocenters. The number of hydrogen-bond donors (Lipinski definition) is 0. The van der Waals surface area contributed by atoms with E-state index in [1.165, 1.54) is 12.1 Å². The van der Waals surface area contributed by atoms with Gasteiger partial charge in [-0.15, -0.1) is 0 Å². The highest BCUT2D eigenvalue weighted by atomic mass is 79.9. The minimum absolute atomic E-state index is 0.0516. The second-order valence-electron chi connectivity index (χ2n) is 6.85. The van der Waals surface area contributed by atoms with Crippen LogP contribution in [0.3, 0.4) is 0 Å². The smallest absolute Gasteiger partial charge is 0.274 e. The van der Waals surface area contributed by atoms with Crippen LogP contribution in [0, 0.1) is 33.8 Å². The van der Waals surface area contributed by atoms with Crippen molar-refractivity contribution in [1.29, 1.82) is 0 Å². The molecule has 1 saturated carbocycles. The Bertz CT molecular complexity index is 866. The third-order valence-electron chi connectivity index (χ3n) is 5.37. The van der Waals surface area contributed by atoms with E-state index >= 15 is 0 Å². The number of benzene rings is 1. The van der Waals surface area contributed by atoms with Crippen molar-refractivity contribution < 1.29 is 14.5 Å². The average molecular weight is 403 g/mol. The molecule has 4 rings (SSSR count). The van der Waals surface area contributed by atoms with Gasteiger partial charge in [-0.3, -0.25) is 19.7 Å². The number of amides is 2. The van der Waals surface area contributed by atoms with E-state index in [-0.39, 0.29) is 35.0 Å². The van der Waals surface area contributed by atoms with Gasteiger partial charge in [-0.2, -0.15) is 0 Å². The van der Waals surface area contributed by atoms with E-state index in [1.807, 2.05) is 26.0 Å². The van der Waals surface area contributed by atoms with Crippen molar-refractivity contribution in [3.05, 3.63) is 56.1 Å². The van der Waals surface area contributed by atoms with Crippen LogP contribution in [0.1, 0.15) is 13.8 Å². The van der Waals surface area contributed by atoms with Crippen LogP contribution in [0.2, 0.25) is 0 Å². The molecule has 0 radical (unpaired) electrons. The summed E-state index contributed by atoms with van der Waals surface area (Å²) in [6, 6.07) is 4.37. The van der Waals surface area contributed by atoms with E-state index in [0.29, 0.717) is 4.47 Å². The number of nitro benzene ring substituents is 1. The van der Waals surface area contributed by atoms with Crippen LogP contribution in [0.5, 0.6) is 0 Å². The maximum atomic E-state index is 13.0. The van der Waals surface area contributed by atoms with Crippen molar-refractivity contribution in [3.63, 3.8) is 0 Å². The Morgan fingerprint density at radius 2 is 1.68 bits per heavy atom. The van der Waals surface area contributed by atoms with Gasteiger partial charge >= 0.3 is 0 Å². The van der Waals surface area contributed by atoms with Gasteiger partial charge in [0, 0.05) is 22.4 Å². The lowest BCUT2D eigenvalue weighted by Gasteiger charge is -2.19. The van der Waals surface area contributed by atoms with Crippen LogP contribution in [0.15, 0.2) is 46.0 Å². The molecule has 128 valence electrons. The summed E-state index contributed by atoms with van der Waals surface area (Å²) in [5, 5.41) is 11.4. The summed E-state index contributed by atoms with van der Waals surface area (Å²) < 4.78 is 0.524. The molecule has 2 aliphatic carbocycles. The van der Waals surface area contributed by atoms with Crippen LogP contribution in [-0.4, -0.2) is 16.7 Å². The summed E-state index contributed by atoms with van der Waals surface area (Å²) in [6.07, 6.45) is 4.00. The first-order valence-electron chi connectivity index (χ1n) is 8.00. The van der Waals surface area contributed by atoms with Crippen molar-refractivity contribution in [2.45, 2.75) is 13.8 Å². The predicted molar refractivity (Wildman–Crippen MR) is 94.8 cm³/mol. The zero-order valence-electron chi connectivity index (χ0n) is 13.6. The molecule has 2 bridgehead atoms. The minimum atomic E-state index is -0.566. The van der Waals surface area contributed by atoms with Crippen molar-refractivity contribution in [2.24, 2.45) is 23.7 Å². The molecule has 1 heterocycles. The van der Waals surface area contributed by atoms with Gasteiger partial charge < -0.3 is 0 Å². The summed E-state index contributed by atoms with van der Waals surface area (Å²) in [6.45, 7) is 3.99. The van der Waals surface area contributed by atoms with Crippen molar-refractivity contribution in [3.8, 4) is 0 Å². The second kappa shape index (κ2) is 5.36. The van der Waals surface area contributed by atoms with Gasteiger partial charge in [-0.25, -0.2) is 4.90 Å². The zero-order valence-corrected chi connectivity index (χ0v) is 15.2. The van der Waals surface area contributed by atoms with Crippen LogP contribution >= 0.6 is 15.9 Å². The lowest BCUT2D eigenvalue weighted by molar-refractivity contribution is -0.384. The predicted octanol–water partition coefficient (Wildman–Crippen LogP) is 3.62. The normalized spacial score (nSPS) is 29.6. The first kappa shape index (κ1) is 16.2. The van der Waals surface area contributed by atoms with Crippen LogP contribution in [0.25, 0.3) is 0 Å². The first-order valence-corrected chi connectivity index (χ1v) is 8.79. The molecule has 1 aromatic carbocycles. The molecule has 2 amide bonds. The molecular formula is C18H15BrN2O4. The van der Waals surface area contributed by atoms with E-state index < -0.39 is 16.8 Å². The Hall–Kier alpha value is -2.28. The quantitative estimate of drug-likeness (QED) is 0.327. The number of fused-ring (bicyclic) bond motifs is 5. The molecule has 1 saturated heterocycles. The lowest BCUT2D eigenvalue weighted by atomic mass is 9.85. The molecule has 3 aliphatic rings. The highest BCUT2D eigenvalue weighted by molar-refractivity contribution is 9.10. The fraction of sp³-hybridized carbons (Fsp3) is 0.333. The molecule has 1 aromatic rings. The number of halogens is 1. The number of allylic oxidation sites excluding steroid dienone is 4. The summed E-state index contributed by atoms with van der Waals surface area (Å²) >= 11 is 3.20. The number of hydrogen-bond acceptors (Lipinski definition) is 4. The zero-order chi connectivity index (χ0) is 18.0. The Labute approximate surface area is 152 Å². The Kier molecular flexibility index (Phi) is 3.47. The molecular weight excluding hydrogens is 388 g/mol. The summed E-state index contributed by atoms with van der Waals surface area (Å²) in [5.41, 5.74) is 2.09. The molecule has 1 aliphatic heterocycles. The summed E-state index contributed by atoms with van der Waals surface area (Å²) in [4.78, 5) is 37.9. The van der Waals surface area contributed by atoms with Crippen molar-refractivity contribution >= 4 is 39.1 Å². The Morgan fingerprint density at radius 1 is 1.12 bits per heavy atom. The van der Waals surface area contributed by atoms with Gasteiger partial charge in [0.1, 0.15) is 5.69 Å². The number of carbonyl (C=O) groups is 2. The number of imide groups is 1. The van der Waals surface area contributed by atoms with Crippen LogP contribution in [-0.2, 0) is 9.59 Å². The Balaban J connectivity index is 1.81. The third kappa shape index (κ3) is 2.08. The molecule has 0 spiro atoms. The van der Waals surface area contributed by atoms with Gasteiger partial charge in [0.25, 0.3) is 5.69 Å². The molecule has 0 unspecified atom stereocenters. The van der Waals surface area contributed by atoms with E-state index in [4.69, 9.17) is 0 Å². The van der Waals surface area contributed by atoms with Gasteiger partial charge in [0.2, 0.25) is 11.8 Å². The number of rotatable bonds is 2. The highest BCUT2D eigenvalue weighted by Crippen LogP contribution is 2.57. The summed E-state index contributed by atoms with van der Waals surface area (Å²) in [7, 11) is 0. The van der Waals surface area contributed by atoms with Gasteiger partial charge in [-0.1, -0.05) is 39.2 Å². The fourth-order valence-corrected chi connectivity index (χ4v) is 4.85. The SMILES string of the molecule is CC(C)=C1[C@H]2C=C[C@H]1[C@@H]1C(=O)N(c3ccc(Br)cc3[N+](=O)[O-])C(=O)[C@H]12. The monoisotopic (exact) mass is 402 g/mol.